The minimum absolute atomic E-state index is 0.221. The summed E-state index contributed by atoms with van der Waals surface area (Å²) < 4.78 is 0. The third-order valence-corrected chi connectivity index (χ3v) is 2.86. The molecule has 1 N–H and O–H groups in total. The summed E-state index contributed by atoms with van der Waals surface area (Å²) in [7, 11) is 0. The molecule has 0 aliphatic rings. The van der Waals surface area contributed by atoms with Crippen molar-refractivity contribution in [3.05, 3.63) is 48.0 Å². The summed E-state index contributed by atoms with van der Waals surface area (Å²) >= 11 is 0. The highest BCUT2D eigenvalue weighted by Gasteiger charge is 2.11. The normalized spacial score (nSPS) is 12.2. The summed E-state index contributed by atoms with van der Waals surface area (Å²) in [6, 6.07) is 16.4. The largest absolute Gasteiger partial charge is 0.298 e. The molecule has 2 rings (SSSR count). The molecule has 2 aromatic rings. The highest BCUT2D eigenvalue weighted by atomic mass is 14.9. The summed E-state index contributed by atoms with van der Waals surface area (Å²) in [4.78, 5) is 0. The lowest BCUT2D eigenvalue weighted by Crippen LogP contribution is -2.20. The third-order valence-electron chi connectivity index (χ3n) is 2.86. The van der Waals surface area contributed by atoms with Crippen LogP contribution < -0.4 is 5.32 Å². The maximum absolute atomic E-state index is 9.25. The van der Waals surface area contributed by atoms with E-state index in [-0.39, 0.29) is 6.04 Å². The molecule has 0 bridgehead atoms. The number of hydrogen-bond acceptors (Lipinski definition) is 2. The third kappa shape index (κ3) is 2.46. The molecule has 2 heteroatoms. The van der Waals surface area contributed by atoms with Gasteiger partial charge in [0.25, 0.3) is 0 Å². The maximum atomic E-state index is 9.25. The van der Waals surface area contributed by atoms with E-state index in [4.69, 9.17) is 0 Å². The smallest absolute Gasteiger partial charge is 0.121 e. The maximum Gasteiger partial charge on any atom is 0.121 e. The summed E-state index contributed by atoms with van der Waals surface area (Å²) in [5.41, 5.74) is 1.07. The number of hydrogen-bond donors (Lipinski definition) is 1. The van der Waals surface area contributed by atoms with Crippen molar-refractivity contribution in [3.63, 3.8) is 0 Å². The van der Waals surface area contributed by atoms with Crippen molar-refractivity contribution in [2.75, 3.05) is 6.54 Å². The SMILES string of the molecule is CCCNC(C#N)c1cccc2ccccc12. The van der Waals surface area contributed by atoms with E-state index >= 15 is 0 Å². The number of rotatable bonds is 4. The first kappa shape index (κ1) is 11.6. The number of fused-ring (bicyclic) bond motifs is 1. The highest BCUT2D eigenvalue weighted by molar-refractivity contribution is 5.86. The minimum Gasteiger partial charge on any atom is -0.298 e. The van der Waals surface area contributed by atoms with Crippen LogP contribution in [0.1, 0.15) is 24.9 Å². The van der Waals surface area contributed by atoms with Gasteiger partial charge in [-0.1, -0.05) is 49.4 Å². The zero-order chi connectivity index (χ0) is 12.1. The molecule has 0 amide bonds. The molecule has 0 radical (unpaired) electrons. The Morgan fingerprint density at radius 3 is 2.71 bits per heavy atom. The molecule has 1 unspecified atom stereocenters. The van der Waals surface area contributed by atoms with Gasteiger partial charge in [0.05, 0.1) is 6.07 Å². The fourth-order valence-electron chi connectivity index (χ4n) is 2.02. The molecule has 0 aliphatic carbocycles. The molecule has 86 valence electrons. The average molecular weight is 224 g/mol. The Kier molecular flexibility index (Phi) is 3.74. The summed E-state index contributed by atoms with van der Waals surface area (Å²) in [6.07, 6.45) is 1.03. The monoisotopic (exact) mass is 224 g/mol. The Morgan fingerprint density at radius 2 is 1.94 bits per heavy atom. The lowest BCUT2D eigenvalue weighted by molar-refractivity contribution is 0.624. The average Bonchev–Trinajstić information content (AvgIpc) is 2.40. The second-order valence-electron chi connectivity index (χ2n) is 4.08. The van der Waals surface area contributed by atoms with Gasteiger partial charge in [0.2, 0.25) is 0 Å². The van der Waals surface area contributed by atoms with Crippen molar-refractivity contribution in [1.82, 2.24) is 5.32 Å². The van der Waals surface area contributed by atoms with Crippen molar-refractivity contribution in [2.45, 2.75) is 19.4 Å². The Balaban J connectivity index is 2.43. The second-order valence-corrected chi connectivity index (χ2v) is 4.08. The van der Waals surface area contributed by atoms with Crippen LogP contribution in [0.5, 0.6) is 0 Å². The Labute approximate surface area is 102 Å². The van der Waals surface area contributed by atoms with Gasteiger partial charge in [-0.15, -0.1) is 0 Å². The van der Waals surface area contributed by atoms with E-state index in [2.05, 4.69) is 36.5 Å². The molecule has 0 saturated carbocycles. The van der Waals surface area contributed by atoms with E-state index in [1.165, 1.54) is 5.39 Å². The zero-order valence-corrected chi connectivity index (χ0v) is 9.98. The summed E-state index contributed by atoms with van der Waals surface area (Å²) in [5, 5.41) is 14.9. The standard InChI is InChI=1S/C15H16N2/c1-2-10-17-15(11-16)14-9-5-7-12-6-3-4-8-13(12)14/h3-9,15,17H,2,10H2,1H3. The highest BCUT2D eigenvalue weighted by Crippen LogP contribution is 2.23. The van der Waals surface area contributed by atoms with Gasteiger partial charge in [-0.3, -0.25) is 5.32 Å². The van der Waals surface area contributed by atoms with Crippen LogP contribution in [0.2, 0.25) is 0 Å². The quantitative estimate of drug-likeness (QED) is 0.864. The fraction of sp³-hybridized carbons (Fsp3) is 0.267. The van der Waals surface area contributed by atoms with Gasteiger partial charge in [-0.2, -0.15) is 5.26 Å². The number of nitrogens with one attached hydrogen (secondary N) is 1. The molecular formula is C15H16N2. The molecule has 2 aromatic carbocycles. The van der Waals surface area contributed by atoms with Crippen molar-refractivity contribution in [3.8, 4) is 6.07 Å². The number of nitriles is 1. The summed E-state index contributed by atoms with van der Waals surface area (Å²) in [5.74, 6) is 0. The molecule has 1 atom stereocenters. The van der Waals surface area contributed by atoms with Gasteiger partial charge in [0.15, 0.2) is 0 Å². The molecule has 0 heterocycles. The van der Waals surface area contributed by atoms with Gasteiger partial charge in [0.1, 0.15) is 6.04 Å². The van der Waals surface area contributed by atoms with Crippen LogP contribution in [0.25, 0.3) is 10.8 Å². The second kappa shape index (κ2) is 5.47. The molecule has 0 fully saturated rings. The molecule has 17 heavy (non-hydrogen) atoms. The molecule has 0 spiro atoms. The van der Waals surface area contributed by atoms with Crippen LogP contribution >= 0.6 is 0 Å². The van der Waals surface area contributed by atoms with Gasteiger partial charge in [-0.25, -0.2) is 0 Å². The van der Waals surface area contributed by atoms with E-state index in [1.54, 1.807) is 0 Å². The molecule has 2 nitrogen and oxygen atoms in total. The Bertz CT molecular complexity index is 535. The first-order valence-corrected chi connectivity index (χ1v) is 5.97. The fourth-order valence-corrected chi connectivity index (χ4v) is 2.02. The molecule has 0 aliphatic heterocycles. The van der Waals surface area contributed by atoms with Crippen LogP contribution in [0.15, 0.2) is 42.5 Å². The van der Waals surface area contributed by atoms with Crippen molar-refractivity contribution >= 4 is 10.8 Å². The predicted molar refractivity (Wildman–Crippen MR) is 70.6 cm³/mol. The molecule has 0 saturated heterocycles. The number of nitrogens with zero attached hydrogens (tertiary/aromatic N) is 1. The van der Waals surface area contributed by atoms with Crippen molar-refractivity contribution < 1.29 is 0 Å². The van der Waals surface area contributed by atoms with Gasteiger partial charge < -0.3 is 0 Å². The van der Waals surface area contributed by atoms with Crippen molar-refractivity contribution in [1.29, 1.82) is 5.26 Å². The van der Waals surface area contributed by atoms with Crippen LogP contribution in [-0.2, 0) is 0 Å². The van der Waals surface area contributed by atoms with Crippen molar-refractivity contribution in [2.24, 2.45) is 0 Å². The first-order valence-electron chi connectivity index (χ1n) is 5.97. The van der Waals surface area contributed by atoms with E-state index < -0.39 is 0 Å². The summed E-state index contributed by atoms with van der Waals surface area (Å²) in [6.45, 7) is 2.96. The van der Waals surface area contributed by atoms with Gasteiger partial charge >= 0.3 is 0 Å². The lowest BCUT2D eigenvalue weighted by atomic mass is 9.99. The topological polar surface area (TPSA) is 35.8 Å². The van der Waals surface area contributed by atoms with Crippen LogP contribution in [0.4, 0.5) is 0 Å². The van der Waals surface area contributed by atoms with Gasteiger partial charge in [0, 0.05) is 0 Å². The zero-order valence-electron chi connectivity index (χ0n) is 9.98. The first-order chi connectivity index (χ1) is 8.36. The van der Waals surface area contributed by atoms with Crippen LogP contribution in [0.3, 0.4) is 0 Å². The van der Waals surface area contributed by atoms with Crippen LogP contribution in [-0.4, -0.2) is 6.54 Å². The number of benzene rings is 2. The van der Waals surface area contributed by atoms with Crippen LogP contribution in [0, 0.1) is 11.3 Å². The molecule has 0 aromatic heterocycles. The Morgan fingerprint density at radius 1 is 1.18 bits per heavy atom. The molecular weight excluding hydrogens is 208 g/mol. The Hall–Kier alpha value is -1.85. The predicted octanol–water partition coefficient (Wildman–Crippen LogP) is 3.40. The van der Waals surface area contributed by atoms with E-state index in [1.807, 2.05) is 24.3 Å². The lowest BCUT2D eigenvalue weighted by Gasteiger charge is -2.13. The minimum atomic E-state index is -0.221. The van der Waals surface area contributed by atoms with E-state index in [9.17, 15) is 5.26 Å². The van der Waals surface area contributed by atoms with E-state index in [0.29, 0.717) is 0 Å². The van der Waals surface area contributed by atoms with E-state index in [0.717, 1.165) is 23.9 Å². The van der Waals surface area contributed by atoms with Gasteiger partial charge in [-0.05, 0) is 29.3 Å².